The van der Waals surface area contributed by atoms with Gasteiger partial charge in [-0.3, -0.25) is 9.11 Å². The Kier molecular flexibility index (Phi) is 246. The van der Waals surface area contributed by atoms with Gasteiger partial charge in [-0.05, 0) is 0 Å². The van der Waals surface area contributed by atoms with Crippen LogP contribution in [0.3, 0.4) is 0 Å². The molecule has 0 bridgehead atoms. The monoisotopic (exact) mass is 408 g/mol. The van der Waals surface area contributed by atoms with Gasteiger partial charge in [0, 0.05) is 0 Å². The summed E-state index contributed by atoms with van der Waals surface area (Å²) in [5, 5.41) is 13.9. The standard InChI is InChI=1S/CH2O3.HI.6H3N.H2O4S.H2O/c2-1(3)4;;;;;;;;1-5(2,3)4;/h(H2,2,3,4);1H;6*1H3;(H2,1,2,3,4);1H2. The van der Waals surface area contributed by atoms with Gasteiger partial charge in [-0.2, -0.15) is 8.42 Å². The second-order valence-electron chi connectivity index (χ2n) is 0.730. The third-order valence-electron chi connectivity index (χ3n) is 0. The van der Waals surface area contributed by atoms with Gasteiger partial charge >= 0.3 is 16.6 Å². The molecule has 0 unspecified atom stereocenters. The normalized spacial score (nSPS) is 4.82. The summed E-state index contributed by atoms with van der Waals surface area (Å²) < 4.78 is 31.6. The van der Waals surface area contributed by atoms with Crippen LogP contribution in [0.15, 0.2) is 0 Å². The van der Waals surface area contributed by atoms with E-state index in [1.807, 2.05) is 0 Å². The molecule has 16 heteroatoms. The molecule has 0 aliphatic rings. The minimum atomic E-state index is -4.67. The number of carboxylic acid groups (broad SMARTS) is 2. The van der Waals surface area contributed by atoms with Crippen LogP contribution in [0.4, 0.5) is 4.79 Å². The Labute approximate surface area is 116 Å². The summed E-state index contributed by atoms with van der Waals surface area (Å²) in [5.41, 5.74) is 0. The largest absolute Gasteiger partial charge is 0.503 e. The van der Waals surface area contributed by atoms with Gasteiger partial charge in [-0.1, -0.05) is 0 Å². The van der Waals surface area contributed by atoms with Crippen LogP contribution in [0.5, 0.6) is 0 Å². The Hall–Kier alpha value is -0.410. The van der Waals surface area contributed by atoms with Gasteiger partial charge in [-0.25, -0.2) is 4.79 Å². The Morgan fingerprint density at radius 1 is 0.765 bits per heavy atom. The summed E-state index contributed by atoms with van der Waals surface area (Å²) in [6, 6.07) is 0. The van der Waals surface area contributed by atoms with Gasteiger partial charge in [0.15, 0.2) is 0 Å². The number of halogens is 1. The van der Waals surface area contributed by atoms with Crippen molar-refractivity contribution in [3.63, 3.8) is 0 Å². The van der Waals surface area contributed by atoms with Crippen LogP contribution in [-0.4, -0.2) is 39.4 Å². The molecule has 0 saturated heterocycles. The molecule has 0 atom stereocenters. The van der Waals surface area contributed by atoms with Crippen LogP contribution in [0.2, 0.25) is 0 Å². The molecule has 0 aromatic carbocycles. The van der Waals surface area contributed by atoms with Crippen LogP contribution < -0.4 is 36.9 Å². The highest BCUT2D eigenvalue weighted by molar-refractivity contribution is 14.0. The Morgan fingerprint density at radius 3 is 0.765 bits per heavy atom. The van der Waals surface area contributed by atoms with E-state index in [9.17, 15) is 0 Å². The van der Waals surface area contributed by atoms with Crippen LogP contribution in [0.25, 0.3) is 0 Å². The van der Waals surface area contributed by atoms with E-state index in [4.69, 9.17) is 32.5 Å². The maximum absolute atomic E-state index is 8.74. The van der Waals surface area contributed by atoms with Gasteiger partial charge in [-0.15, -0.1) is 24.0 Å². The number of hydrogen-bond acceptors (Lipinski definition) is 9. The lowest BCUT2D eigenvalue weighted by molar-refractivity contribution is 0.137. The number of rotatable bonds is 0. The summed E-state index contributed by atoms with van der Waals surface area (Å²) in [4.78, 5) is 8.56. The molecule has 0 aromatic rings. The first-order valence-corrected chi connectivity index (χ1v) is 2.75. The van der Waals surface area contributed by atoms with Crippen molar-refractivity contribution >= 4 is 40.5 Å². The molecule has 0 amide bonds. The molecule has 17 heavy (non-hydrogen) atoms. The molecule has 120 valence electrons. The van der Waals surface area contributed by atoms with Crippen molar-refractivity contribution in [1.29, 1.82) is 0 Å². The molecular formula is CH25IN6O8S. The van der Waals surface area contributed by atoms with Crippen molar-refractivity contribution in [2.45, 2.75) is 0 Å². The molecule has 0 aromatic heterocycles. The maximum atomic E-state index is 8.74. The molecular weight excluding hydrogens is 383 g/mol. The molecule has 0 saturated carbocycles. The lowest BCUT2D eigenvalue weighted by Gasteiger charge is -1.68. The smallest absolute Gasteiger partial charge is 0.450 e. The van der Waals surface area contributed by atoms with E-state index in [0.29, 0.717) is 0 Å². The van der Waals surface area contributed by atoms with E-state index in [1.165, 1.54) is 0 Å². The SMILES string of the molecule is I.N.N.N.N.N.N.O.O=C(O)O.O=S(=O)(O)O. The molecule has 0 fully saturated rings. The Morgan fingerprint density at radius 2 is 0.765 bits per heavy atom. The molecule has 0 aliphatic heterocycles. The van der Waals surface area contributed by atoms with Crippen LogP contribution in [0, 0.1) is 0 Å². The first-order valence-electron chi connectivity index (χ1n) is 1.35. The summed E-state index contributed by atoms with van der Waals surface area (Å²) in [6.45, 7) is 0. The van der Waals surface area contributed by atoms with Gasteiger partial charge in [0.25, 0.3) is 0 Å². The topological polar surface area (TPSA) is 374 Å². The highest BCUT2D eigenvalue weighted by Crippen LogP contribution is 1.59. The lowest BCUT2D eigenvalue weighted by Crippen LogP contribution is -1.89. The summed E-state index contributed by atoms with van der Waals surface area (Å²) >= 11 is 0. The first kappa shape index (κ1) is 92.8. The zero-order valence-corrected chi connectivity index (χ0v) is 12.2. The van der Waals surface area contributed by atoms with E-state index < -0.39 is 16.6 Å². The van der Waals surface area contributed by atoms with Crippen LogP contribution in [-0.2, 0) is 10.4 Å². The third kappa shape index (κ3) is 17100. The highest BCUT2D eigenvalue weighted by Gasteiger charge is 1.84. The van der Waals surface area contributed by atoms with Crippen molar-refractivity contribution in [3.05, 3.63) is 0 Å². The Balaban J connectivity index is -0.00000000494. The lowest BCUT2D eigenvalue weighted by atomic mass is 11.5. The average molecular weight is 408 g/mol. The second-order valence-corrected chi connectivity index (χ2v) is 1.63. The number of hydrogen-bond donors (Lipinski definition) is 10. The van der Waals surface area contributed by atoms with E-state index in [2.05, 4.69) is 0 Å². The molecule has 0 aliphatic carbocycles. The summed E-state index contributed by atoms with van der Waals surface area (Å²) in [7, 11) is -4.67. The van der Waals surface area contributed by atoms with E-state index in [1.54, 1.807) is 0 Å². The Bertz CT molecular complexity index is 172. The summed E-state index contributed by atoms with van der Waals surface area (Å²) in [6.07, 6.45) is -1.83. The quantitative estimate of drug-likeness (QED) is 0.191. The van der Waals surface area contributed by atoms with Crippen molar-refractivity contribution in [2.75, 3.05) is 0 Å². The molecule has 14 nitrogen and oxygen atoms in total. The predicted molar refractivity (Wildman–Crippen MR) is 74.0 cm³/mol. The van der Waals surface area contributed by atoms with Gasteiger partial charge in [0.05, 0.1) is 0 Å². The maximum Gasteiger partial charge on any atom is 0.503 e. The minimum Gasteiger partial charge on any atom is -0.450 e. The zero-order chi connectivity index (χ0) is 8.08. The van der Waals surface area contributed by atoms with Crippen LogP contribution >= 0.6 is 24.0 Å². The van der Waals surface area contributed by atoms with Gasteiger partial charge in [0.1, 0.15) is 0 Å². The highest BCUT2D eigenvalue weighted by atomic mass is 127. The van der Waals surface area contributed by atoms with E-state index >= 15 is 0 Å². The zero-order valence-electron chi connectivity index (χ0n) is 9.07. The molecule has 0 heterocycles. The summed E-state index contributed by atoms with van der Waals surface area (Å²) in [5.74, 6) is 0. The third-order valence-corrected chi connectivity index (χ3v) is 0. The number of carbonyl (C=O) groups is 1. The van der Waals surface area contributed by atoms with E-state index in [-0.39, 0.29) is 66.4 Å². The van der Waals surface area contributed by atoms with Crippen LogP contribution in [0.1, 0.15) is 0 Å². The fraction of sp³-hybridized carbons (Fsp3) is 0. The second kappa shape index (κ2) is 45.0. The average Bonchev–Trinajstić information content (AvgIpc) is 1.19. The van der Waals surface area contributed by atoms with Crippen molar-refractivity contribution in [1.82, 2.24) is 36.9 Å². The molecule has 0 radical (unpaired) electrons. The van der Waals surface area contributed by atoms with E-state index in [0.717, 1.165) is 0 Å². The molecule has 24 N–H and O–H groups in total. The predicted octanol–water partition coefficient (Wildman–Crippen LogP) is 0.335. The van der Waals surface area contributed by atoms with Crippen molar-refractivity contribution < 1.29 is 38.0 Å². The van der Waals surface area contributed by atoms with Crippen molar-refractivity contribution in [3.8, 4) is 0 Å². The minimum absolute atomic E-state index is 0. The van der Waals surface area contributed by atoms with Gasteiger partial charge < -0.3 is 52.6 Å². The van der Waals surface area contributed by atoms with Crippen molar-refractivity contribution in [2.24, 2.45) is 0 Å². The first-order chi connectivity index (χ1) is 3.73. The van der Waals surface area contributed by atoms with Gasteiger partial charge in [0.2, 0.25) is 0 Å². The fourth-order valence-corrected chi connectivity index (χ4v) is 0. The molecule has 0 spiro atoms. The fourth-order valence-electron chi connectivity index (χ4n) is 0. The molecule has 0 rings (SSSR count).